The van der Waals surface area contributed by atoms with Gasteiger partial charge in [0, 0.05) is 28.2 Å². The topological polar surface area (TPSA) is 17.3 Å². The van der Waals surface area contributed by atoms with E-state index in [4.69, 9.17) is 11.6 Å². The number of benzene rings is 2. The summed E-state index contributed by atoms with van der Waals surface area (Å²) in [5, 5.41) is 0.748. The smallest absolute Gasteiger partial charge is 0.0644 e. The Morgan fingerprint density at radius 3 is 2.46 bits per heavy atom. The van der Waals surface area contributed by atoms with E-state index in [1.165, 1.54) is 28.2 Å². The Balaban J connectivity index is 2.04. The summed E-state index contributed by atoms with van der Waals surface area (Å²) in [5.41, 5.74) is 9.43. The summed E-state index contributed by atoms with van der Waals surface area (Å²) < 4.78 is 2.34. The second kappa shape index (κ2) is 7.51. The molecule has 0 unspecified atom stereocenters. The van der Waals surface area contributed by atoms with Gasteiger partial charge in [0.25, 0.3) is 0 Å². The molecule has 2 nitrogen and oxygen atoms in total. The maximum absolute atomic E-state index is 6.21. The van der Waals surface area contributed by atoms with Gasteiger partial charge in [0.2, 0.25) is 0 Å². The van der Waals surface area contributed by atoms with Gasteiger partial charge in [0.15, 0.2) is 0 Å². The average Bonchev–Trinajstić information content (AvgIpc) is 2.89. The van der Waals surface area contributed by atoms with E-state index in [0.29, 0.717) is 0 Å². The van der Waals surface area contributed by atoms with Gasteiger partial charge >= 0.3 is 0 Å². The van der Waals surface area contributed by atoms with Gasteiger partial charge in [-0.05, 0) is 69.0 Å². The minimum Gasteiger partial charge on any atom is -0.317 e. The summed E-state index contributed by atoms with van der Waals surface area (Å²) in [6, 6.07) is 14.6. The number of aryl methyl sites for hydroxylation is 4. The molecule has 0 N–H and O–H groups in total. The molecule has 0 amide bonds. The largest absolute Gasteiger partial charge is 0.317 e. The van der Waals surface area contributed by atoms with E-state index in [0.717, 1.165) is 28.3 Å². The third-order valence-electron chi connectivity index (χ3n) is 4.90. The summed E-state index contributed by atoms with van der Waals surface area (Å²) in [5.74, 6) is 0. The Hall–Kier alpha value is -2.32. The second-order valence-electron chi connectivity index (χ2n) is 6.79. The van der Waals surface area contributed by atoms with E-state index < -0.39 is 0 Å². The zero-order valence-corrected chi connectivity index (χ0v) is 16.9. The molecule has 0 fully saturated rings. The van der Waals surface area contributed by atoms with E-state index in [-0.39, 0.29) is 0 Å². The lowest BCUT2D eigenvalue weighted by atomic mass is 10.1. The van der Waals surface area contributed by atoms with E-state index in [2.05, 4.69) is 61.5 Å². The molecular formula is C23H25ClN2. The summed E-state index contributed by atoms with van der Waals surface area (Å²) in [6.45, 7) is 10.7. The van der Waals surface area contributed by atoms with E-state index in [1.54, 1.807) is 0 Å². The van der Waals surface area contributed by atoms with Crippen LogP contribution in [-0.4, -0.2) is 10.8 Å². The number of hydrogen-bond acceptors (Lipinski definition) is 1. The van der Waals surface area contributed by atoms with E-state index >= 15 is 0 Å². The Labute approximate surface area is 161 Å². The number of hydrogen-bond donors (Lipinski definition) is 0. The van der Waals surface area contributed by atoms with Gasteiger partial charge in [-0.2, -0.15) is 0 Å². The van der Waals surface area contributed by atoms with Crippen molar-refractivity contribution >= 4 is 23.5 Å². The Morgan fingerprint density at radius 2 is 1.77 bits per heavy atom. The summed E-state index contributed by atoms with van der Waals surface area (Å²) in [4.78, 5) is 4.63. The highest BCUT2D eigenvalue weighted by Gasteiger charge is 2.14. The fourth-order valence-electron chi connectivity index (χ4n) is 3.39. The van der Waals surface area contributed by atoms with Crippen molar-refractivity contribution in [3.05, 3.63) is 81.1 Å². The lowest BCUT2D eigenvalue weighted by Crippen LogP contribution is -2.05. The molecule has 134 valence electrons. The second-order valence-corrected chi connectivity index (χ2v) is 7.20. The van der Waals surface area contributed by atoms with Crippen molar-refractivity contribution in [1.82, 2.24) is 4.57 Å². The van der Waals surface area contributed by atoms with Gasteiger partial charge < -0.3 is 4.57 Å². The van der Waals surface area contributed by atoms with Gasteiger partial charge in [-0.1, -0.05) is 42.8 Å². The predicted octanol–water partition coefficient (Wildman–Crippen LogP) is 6.68. The Morgan fingerprint density at radius 1 is 1.00 bits per heavy atom. The van der Waals surface area contributed by atoms with Crippen molar-refractivity contribution in [2.75, 3.05) is 0 Å². The average molecular weight is 365 g/mol. The zero-order chi connectivity index (χ0) is 18.8. The van der Waals surface area contributed by atoms with Crippen LogP contribution in [-0.2, 0) is 6.42 Å². The molecule has 0 atom stereocenters. The first kappa shape index (κ1) is 18.5. The number of nitrogens with zero attached hydrogens (tertiary/aromatic N) is 2. The van der Waals surface area contributed by atoms with Gasteiger partial charge in [0.1, 0.15) is 0 Å². The summed E-state index contributed by atoms with van der Waals surface area (Å²) >= 11 is 6.21. The molecule has 3 aromatic rings. The molecule has 1 aromatic heterocycles. The van der Waals surface area contributed by atoms with Crippen LogP contribution in [0.25, 0.3) is 5.69 Å². The molecule has 0 spiro atoms. The van der Waals surface area contributed by atoms with Gasteiger partial charge in [-0.15, -0.1) is 0 Å². The van der Waals surface area contributed by atoms with Crippen molar-refractivity contribution in [2.45, 2.75) is 41.0 Å². The van der Waals surface area contributed by atoms with Crippen molar-refractivity contribution < 1.29 is 0 Å². The highest BCUT2D eigenvalue weighted by molar-refractivity contribution is 6.31. The standard InChI is InChI=1S/C23H25ClN2/c1-6-19-9-7-8-16(3)23(19)26-17(4)12-20(18(26)5)14-25-21-11-10-15(2)22(24)13-21/h7-14H,6H2,1-5H3. The Bertz CT molecular complexity index is 980. The maximum Gasteiger partial charge on any atom is 0.0644 e. The molecule has 0 bridgehead atoms. The van der Waals surface area contributed by atoms with Crippen LogP contribution in [0.4, 0.5) is 5.69 Å². The molecule has 2 aromatic carbocycles. The molecule has 3 rings (SSSR count). The van der Waals surface area contributed by atoms with Crippen LogP contribution < -0.4 is 0 Å². The van der Waals surface area contributed by atoms with Crippen LogP contribution in [0, 0.1) is 27.7 Å². The van der Waals surface area contributed by atoms with E-state index in [1.807, 2.05) is 31.3 Å². The normalized spacial score (nSPS) is 11.5. The van der Waals surface area contributed by atoms with Crippen molar-refractivity contribution in [1.29, 1.82) is 0 Å². The van der Waals surface area contributed by atoms with Gasteiger partial charge in [-0.25, -0.2) is 0 Å². The molecule has 26 heavy (non-hydrogen) atoms. The van der Waals surface area contributed by atoms with Gasteiger partial charge in [-0.3, -0.25) is 4.99 Å². The predicted molar refractivity (Wildman–Crippen MR) is 113 cm³/mol. The fraction of sp³-hybridized carbons (Fsp3) is 0.261. The quantitative estimate of drug-likeness (QED) is 0.459. The number of halogens is 1. The highest BCUT2D eigenvalue weighted by atomic mass is 35.5. The molecule has 0 aliphatic carbocycles. The number of aliphatic imine (C=N–C) groups is 1. The zero-order valence-electron chi connectivity index (χ0n) is 16.1. The first-order valence-corrected chi connectivity index (χ1v) is 9.38. The van der Waals surface area contributed by atoms with Crippen LogP contribution in [0.3, 0.4) is 0 Å². The van der Waals surface area contributed by atoms with Crippen molar-refractivity contribution in [3.63, 3.8) is 0 Å². The minimum atomic E-state index is 0.748. The molecule has 0 aliphatic heterocycles. The highest BCUT2D eigenvalue weighted by Crippen LogP contribution is 2.27. The third kappa shape index (κ3) is 3.47. The molecule has 0 radical (unpaired) electrons. The SMILES string of the molecule is CCc1cccc(C)c1-n1c(C)cc(C=Nc2ccc(C)c(Cl)c2)c1C. The molecule has 3 heteroatoms. The summed E-state index contributed by atoms with van der Waals surface area (Å²) in [7, 11) is 0. The number of para-hydroxylation sites is 1. The number of rotatable bonds is 4. The third-order valence-corrected chi connectivity index (χ3v) is 5.31. The monoisotopic (exact) mass is 364 g/mol. The van der Waals surface area contributed by atoms with Crippen LogP contribution in [0.2, 0.25) is 5.02 Å². The molecule has 0 saturated heterocycles. The van der Waals surface area contributed by atoms with Crippen molar-refractivity contribution in [3.8, 4) is 5.69 Å². The molecule has 0 saturated carbocycles. The first-order chi connectivity index (χ1) is 12.4. The summed E-state index contributed by atoms with van der Waals surface area (Å²) in [6.07, 6.45) is 2.95. The number of aromatic nitrogens is 1. The molecular weight excluding hydrogens is 340 g/mol. The van der Waals surface area contributed by atoms with Crippen molar-refractivity contribution in [2.24, 2.45) is 4.99 Å². The van der Waals surface area contributed by atoms with Crippen LogP contribution in [0.15, 0.2) is 47.5 Å². The Kier molecular flexibility index (Phi) is 5.33. The lowest BCUT2D eigenvalue weighted by molar-refractivity contribution is 0.926. The van der Waals surface area contributed by atoms with Crippen LogP contribution in [0.5, 0.6) is 0 Å². The fourth-order valence-corrected chi connectivity index (χ4v) is 3.57. The first-order valence-electron chi connectivity index (χ1n) is 9.00. The van der Waals surface area contributed by atoms with E-state index in [9.17, 15) is 0 Å². The van der Waals surface area contributed by atoms with Gasteiger partial charge in [0.05, 0.1) is 11.4 Å². The lowest BCUT2D eigenvalue weighted by Gasteiger charge is -2.17. The molecule has 0 aliphatic rings. The van der Waals surface area contributed by atoms with Crippen LogP contribution >= 0.6 is 11.6 Å². The minimum absolute atomic E-state index is 0.748. The molecule has 1 heterocycles. The van der Waals surface area contributed by atoms with Crippen LogP contribution in [0.1, 0.15) is 40.6 Å². The maximum atomic E-state index is 6.21.